The van der Waals surface area contributed by atoms with Crippen LogP contribution in [0.4, 0.5) is 14.5 Å². The minimum Gasteiger partial charge on any atom is -0.377 e. The molecule has 1 aromatic carbocycles. The van der Waals surface area contributed by atoms with E-state index in [-0.39, 0.29) is 17.8 Å². The Bertz CT molecular complexity index is 861. The molecule has 0 aliphatic carbocycles. The van der Waals surface area contributed by atoms with Gasteiger partial charge in [-0.25, -0.2) is 13.8 Å². The van der Waals surface area contributed by atoms with E-state index < -0.39 is 11.6 Å². The smallest absolute Gasteiger partial charge is 0.258 e. The second-order valence-electron chi connectivity index (χ2n) is 4.49. The third-order valence-corrected chi connectivity index (χ3v) is 3.01. The van der Waals surface area contributed by atoms with E-state index >= 15 is 0 Å². The Labute approximate surface area is 118 Å². The van der Waals surface area contributed by atoms with Gasteiger partial charge in [0.25, 0.3) is 5.56 Å². The maximum atomic E-state index is 13.5. The molecule has 0 atom stereocenters. The van der Waals surface area contributed by atoms with Crippen molar-refractivity contribution in [2.45, 2.75) is 6.54 Å². The SMILES string of the molecule is O=c1cc(CNc2cc(F)ccc2F)nc2ccccn12. The molecule has 0 bridgehead atoms. The minimum absolute atomic E-state index is 0.0325. The standard InChI is InChI=1S/C15H11F2N3O/c16-10-4-5-12(17)13(7-10)18-9-11-8-15(21)20-6-2-1-3-14(20)19-11/h1-8,18H,9H2. The lowest BCUT2D eigenvalue weighted by atomic mass is 10.3. The van der Waals surface area contributed by atoms with Crippen molar-refractivity contribution in [3.8, 4) is 0 Å². The molecule has 0 unspecified atom stereocenters. The zero-order valence-corrected chi connectivity index (χ0v) is 10.9. The van der Waals surface area contributed by atoms with E-state index in [1.165, 1.54) is 10.5 Å². The van der Waals surface area contributed by atoms with Gasteiger partial charge in [0, 0.05) is 12.3 Å². The average molecular weight is 287 g/mol. The lowest BCUT2D eigenvalue weighted by Gasteiger charge is -2.08. The highest BCUT2D eigenvalue weighted by atomic mass is 19.1. The number of hydrogen-bond acceptors (Lipinski definition) is 3. The van der Waals surface area contributed by atoms with Crippen LogP contribution in [-0.4, -0.2) is 9.38 Å². The van der Waals surface area contributed by atoms with Gasteiger partial charge < -0.3 is 5.32 Å². The molecule has 106 valence electrons. The zero-order valence-electron chi connectivity index (χ0n) is 10.9. The second-order valence-corrected chi connectivity index (χ2v) is 4.49. The maximum absolute atomic E-state index is 13.5. The summed E-state index contributed by atoms with van der Waals surface area (Å²) in [7, 11) is 0. The van der Waals surface area contributed by atoms with E-state index in [1.807, 2.05) is 0 Å². The summed E-state index contributed by atoms with van der Waals surface area (Å²) >= 11 is 0. The number of fused-ring (bicyclic) bond motifs is 1. The van der Waals surface area contributed by atoms with Crippen molar-refractivity contribution in [1.29, 1.82) is 0 Å². The van der Waals surface area contributed by atoms with Gasteiger partial charge in [0.05, 0.1) is 17.9 Å². The number of hydrogen-bond donors (Lipinski definition) is 1. The average Bonchev–Trinajstić information content (AvgIpc) is 2.48. The molecule has 2 aromatic heterocycles. The normalized spacial score (nSPS) is 10.8. The van der Waals surface area contributed by atoms with Crippen LogP contribution >= 0.6 is 0 Å². The number of aromatic nitrogens is 2. The van der Waals surface area contributed by atoms with E-state index in [0.29, 0.717) is 11.3 Å². The summed E-state index contributed by atoms with van der Waals surface area (Å²) in [5, 5.41) is 2.74. The molecule has 0 radical (unpaired) electrons. The van der Waals surface area contributed by atoms with Gasteiger partial charge in [-0.2, -0.15) is 0 Å². The number of anilines is 1. The van der Waals surface area contributed by atoms with Crippen LogP contribution in [0, 0.1) is 11.6 Å². The first-order valence-electron chi connectivity index (χ1n) is 6.30. The van der Waals surface area contributed by atoms with Crippen molar-refractivity contribution >= 4 is 11.3 Å². The van der Waals surface area contributed by atoms with Crippen LogP contribution < -0.4 is 10.9 Å². The second kappa shape index (κ2) is 5.32. The Morgan fingerprint density at radius 3 is 2.86 bits per heavy atom. The fraction of sp³-hybridized carbons (Fsp3) is 0.0667. The van der Waals surface area contributed by atoms with Crippen molar-refractivity contribution in [1.82, 2.24) is 9.38 Å². The molecular formula is C15H11F2N3O. The molecule has 0 spiro atoms. The highest BCUT2D eigenvalue weighted by Crippen LogP contribution is 2.15. The molecule has 0 aliphatic rings. The molecular weight excluding hydrogens is 276 g/mol. The van der Waals surface area contributed by atoms with Crippen LogP contribution in [0.5, 0.6) is 0 Å². The minimum atomic E-state index is -0.561. The Morgan fingerprint density at radius 2 is 2.00 bits per heavy atom. The third kappa shape index (κ3) is 2.74. The van der Waals surface area contributed by atoms with Crippen LogP contribution in [0.15, 0.2) is 53.5 Å². The number of pyridine rings is 1. The molecule has 3 aromatic rings. The number of halogens is 2. The number of rotatable bonds is 3. The third-order valence-electron chi connectivity index (χ3n) is 3.01. The van der Waals surface area contributed by atoms with E-state index in [0.717, 1.165) is 18.2 Å². The van der Waals surface area contributed by atoms with Crippen LogP contribution in [0.25, 0.3) is 5.65 Å². The van der Waals surface area contributed by atoms with Crippen molar-refractivity contribution in [3.05, 3.63) is 76.3 Å². The summed E-state index contributed by atoms with van der Waals surface area (Å²) in [4.78, 5) is 16.2. The predicted octanol–water partition coefficient (Wildman–Crippen LogP) is 2.58. The number of nitrogens with one attached hydrogen (secondary N) is 1. The summed E-state index contributed by atoms with van der Waals surface area (Å²) in [5.41, 5.74) is 0.763. The Balaban J connectivity index is 1.88. The molecule has 2 heterocycles. The summed E-state index contributed by atoms with van der Waals surface area (Å²) in [6.07, 6.45) is 1.62. The molecule has 0 fully saturated rings. The Hall–Kier alpha value is -2.76. The van der Waals surface area contributed by atoms with Crippen LogP contribution in [0.3, 0.4) is 0 Å². The summed E-state index contributed by atoms with van der Waals surface area (Å²) < 4.78 is 28.0. The summed E-state index contributed by atoms with van der Waals surface area (Å²) in [6, 6.07) is 9.71. The summed E-state index contributed by atoms with van der Waals surface area (Å²) in [5.74, 6) is -1.10. The topological polar surface area (TPSA) is 46.4 Å². The van der Waals surface area contributed by atoms with Gasteiger partial charge >= 0.3 is 0 Å². The van der Waals surface area contributed by atoms with Crippen LogP contribution in [0.2, 0.25) is 0 Å². The van der Waals surface area contributed by atoms with Crippen molar-refractivity contribution in [3.63, 3.8) is 0 Å². The molecule has 0 saturated carbocycles. The van der Waals surface area contributed by atoms with Crippen molar-refractivity contribution in [2.75, 3.05) is 5.32 Å². The molecule has 6 heteroatoms. The highest BCUT2D eigenvalue weighted by Gasteiger charge is 2.05. The van der Waals surface area contributed by atoms with Gasteiger partial charge in [-0.15, -0.1) is 0 Å². The fourth-order valence-corrected chi connectivity index (χ4v) is 2.01. The zero-order chi connectivity index (χ0) is 14.8. The summed E-state index contributed by atoms with van der Waals surface area (Å²) in [6.45, 7) is 0.126. The Kier molecular flexibility index (Phi) is 3.35. The molecule has 3 rings (SSSR count). The first-order chi connectivity index (χ1) is 10.1. The molecule has 0 saturated heterocycles. The van der Waals surface area contributed by atoms with E-state index in [9.17, 15) is 13.6 Å². The van der Waals surface area contributed by atoms with Crippen LogP contribution in [-0.2, 0) is 6.54 Å². The molecule has 0 aliphatic heterocycles. The first-order valence-corrected chi connectivity index (χ1v) is 6.30. The Morgan fingerprint density at radius 1 is 1.14 bits per heavy atom. The van der Waals surface area contributed by atoms with Gasteiger partial charge in [0.1, 0.15) is 17.3 Å². The van der Waals surface area contributed by atoms with Gasteiger partial charge in [-0.1, -0.05) is 6.07 Å². The lowest BCUT2D eigenvalue weighted by Crippen LogP contribution is -2.16. The predicted molar refractivity (Wildman–Crippen MR) is 75.1 cm³/mol. The van der Waals surface area contributed by atoms with Gasteiger partial charge in [-0.05, 0) is 30.3 Å². The fourth-order valence-electron chi connectivity index (χ4n) is 2.01. The molecule has 1 N–H and O–H groups in total. The van der Waals surface area contributed by atoms with E-state index in [4.69, 9.17) is 0 Å². The molecule has 0 amide bonds. The van der Waals surface area contributed by atoms with Crippen molar-refractivity contribution in [2.24, 2.45) is 0 Å². The number of nitrogens with zero attached hydrogens (tertiary/aromatic N) is 2. The molecule has 4 nitrogen and oxygen atoms in total. The lowest BCUT2D eigenvalue weighted by molar-refractivity contribution is 0.602. The highest BCUT2D eigenvalue weighted by molar-refractivity contribution is 5.45. The maximum Gasteiger partial charge on any atom is 0.258 e. The quantitative estimate of drug-likeness (QED) is 0.805. The van der Waals surface area contributed by atoms with Gasteiger partial charge in [-0.3, -0.25) is 9.20 Å². The van der Waals surface area contributed by atoms with Crippen LogP contribution in [0.1, 0.15) is 5.69 Å². The van der Waals surface area contributed by atoms with E-state index in [1.54, 1.807) is 24.4 Å². The van der Waals surface area contributed by atoms with E-state index in [2.05, 4.69) is 10.3 Å². The van der Waals surface area contributed by atoms with Crippen molar-refractivity contribution < 1.29 is 8.78 Å². The monoisotopic (exact) mass is 287 g/mol. The first kappa shape index (κ1) is 13.2. The largest absolute Gasteiger partial charge is 0.377 e. The van der Waals surface area contributed by atoms with Gasteiger partial charge in [0.2, 0.25) is 0 Å². The van der Waals surface area contributed by atoms with Gasteiger partial charge in [0.15, 0.2) is 0 Å². The molecule has 21 heavy (non-hydrogen) atoms. The number of benzene rings is 1.